The lowest BCUT2D eigenvalue weighted by Crippen LogP contribution is -2.25. The number of hydrogen-bond acceptors (Lipinski definition) is 10. The van der Waals surface area contributed by atoms with Crippen LogP contribution in [0.3, 0.4) is 0 Å². The Morgan fingerprint density at radius 1 is 0.729 bits per heavy atom. The van der Waals surface area contributed by atoms with Gasteiger partial charge < -0.3 is 22.1 Å². The minimum Gasteiger partial charge on any atom is -0.365 e. The Morgan fingerprint density at radius 3 is 1.44 bits per heavy atom. The molecule has 4 heterocycles. The Morgan fingerprint density at radius 2 is 1.10 bits per heavy atom. The lowest BCUT2D eigenvalue weighted by Gasteiger charge is -2.26. The number of anilines is 4. The average molecular weight is 691 g/mol. The van der Waals surface area contributed by atoms with Crippen molar-refractivity contribution in [1.29, 1.82) is 10.5 Å². The molecule has 2 aliphatic heterocycles. The second-order valence-corrected chi connectivity index (χ2v) is 13.4. The van der Waals surface area contributed by atoms with E-state index in [1.807, 2.05) is 0 Å². The van der Waals surface area contributed by atoms with Crippen molar-refractivity contribution in [1.82, 2.24) is 19.6 Å². The molecule has 2 amide bonds. The SMILES string of the molecule is N#C[C@@H]1CSCCC1n1cc(C(N)=O)c(Nc2ccc(F)cc2)n1.N#C[C@@H]1CSCCC1n1cc(C(N)=O)c(Nc2ccc(F)cc2)n1. The van der Waals surface area contributed by atoms with Crippen LogP contribution < -0.4 is 22.1 Å². The zero-order valence-electron chi connectivity index (χ0n) is 25.6. The topological polar surface area (TPSA) is 193 Å². The number of hydrogen-bond donors (Lipinski definition) is 4. The highest BCUT2D eigenvalue weighted by Gasteiger charge is 2.30. The molecule has 0 radical (unpaired) electrons. The molecule has 2 fully saturated rings. The van der Waals surface area contributed by atoms with Crippen LogP contribution in [0.5, 0.6) is 0 Å². The molecular weight excluding hydrogens is 659 g/mol. The fourth-order valence-electron chi connectivity index (χ4n) is 5.34. The molecule has 2 aromatic heterocycles. The van der Waals surface area contributed by atoms with E-state index in [2.05, 4.69) is 33.0 Å². The third-order valence-electron chi connectivity index (χ3n) is 7.86. The number of benzene rings is 2. The normalized spacial score (nSPS) is 20.3. The second-order valence-electron chi connectivity index (χ2n) is 11.1. The first-order chi connectivity index (χ1) is 23.2. The van der Waals surface area contributed by atoms with Crippen molar-refractivity contribution < 1.29 is 18.4 Å². The van der Waals surface area contributed by atoms with Gasteiger partial charge in [-0.2, -0.15) is 44.2 Å². The molecule has 2 saturated heterocycles. The number of carbonyl (C=O) groups is 2. The molecule has 2 unspecified atom stereocenters. The monoisotopic (exact) mass is 690 g/mol. The van der Waals surface area contributed by atoms with Crippen LogP contribution in [-0.2, 0) is 0 Å². The van der Waals surface area contributed by atoms with Crippen LogP contribution in [0.25, 0.3) is 0 Å². The summed E-state index contributed by atoms with van der Waals surface area (Å²) in [5.74, 6) is 1.75. The fraction of sp³-hybridized carbons (Fsp3) is 0.312. The molecule has 0 saturated carbocycles. The smallest absolute Gasteiger partial charge is 0.254 e. The van der Waals surface area contributed by atoms with Crippen LogP contribution in [-0.4, -0.2) is 54.4 Å². The zero-order chi connectivity index (χ0) is 34.2. The first kappa shape index (κ1) is 34.3. The lowest BCUT2D eigenvalue weighted by molar-refractivity contribution is 0.0992. The van der Waals surface area contributed by atoms with Crippen LogP contribution in [0, 0.1) is 46.1 Å². The highest BCUT2D eigenvalue weighted by atomic mass is 32.2. The number of primary amides is 2. The van der Waals surface area contributed by atoms with Gasteiger partial charge in [0.15, 0.2) is 11.6 Å². The number of nitriles is 2. The number of halogens is 2. The van der Waals surface area contributed by atoms with Crippen LogP contribution >= 0.6 is 23.5 Å². The number of nitrogens with one attached hydrogen (secondary N) is 2. The van der Waals surface area contributed by atoms with E-state index >= 15 is 0 Å². The van der Waals surface area contributed by atoms with Crippen LogP contribution in [0.4, 0.5) is 31.8 Å². The van der Waals surface area contributed by atoms with Crippen molar-refractivity contribution in [2.45, 2.75) is 24.9 Å². The Kier molecular flexibility index (Phi) is 11.2. The summed E-state index contributed by atoms with van der Waals surface area (Å²) in [6.07, 6.45) is 4.77. The van der Waals surface area contributed by atoms with Crippen molar-refractivity contribution in [3.63, 3.8) is 0 Å². The van der Waals surface area contributed by atoms with Gasteiger partial charge in [0, 0.05) is 35.3 Å². The van der Waals surface area contributed by atoms with Gasteiger partial charge in [-0.3, -0.25) is 19.0 Å². The van der Waals surface area contributed by atoms with Gasteiger partial charge in [-0.1, -0.05) is 0 Å². The molecule has 16 heteroatoms. The summed E-state index contributed by atoms with van der Waals surface area (Å²) in [7, 11) is 0. The van der Waals surface area contributed by atoms with Gasteiger partial charge in [-0.05, 0) is 72.9 Å². The molecule has 4 aromatic rings. The summed E-state index contributed by atoms with van der Waals surface area (Å²) < 4.78 is 29.3. The average Bonchev–Trinajstić information content (AvgIpc) is 3.72. The molecule has 48 heavy (non-hydrogen) atoms. The highest BCUT2D eigenvalue weighted by Crippen LogP contribution is 2.34. The third kappa shape index (κ3) is 8.26. The Bertz CT molecular complexity index is 1700. The van der Waals surface area contributed by atoms with Gasteiger partial charge in [0.05, 0.1) is 36.1 Å². The molecule has 12 nitrogen and oxygen atoms in total. The summed E-state index contributed by atoms with van der Waals surface area (Å²) in [6.45, 7) is 0. The van der Waals surface area contributed by atoms with E-state index in [-0.39, 0.29) is 46.7 Å². The molecule has 6 rings (SSSR count). The number of rotatable bonds is 8. The first-order valence-corrected chi connectivity index (χ1v) is 17.3. The third-order valence-corrected chi connectivity index (χ3v) is 10.1. The van der Waals surface area contributed by atoms with Gasteiger partial charge in [0.25, 0.3) is 11.8 Å². The van der Waals surface area contributed by atoms with Gasteiger partial charge in [0.2, 0.25) is 0 Å². The van der Waals surface area contributed by atoms with Crippen LogP contribution in [0.1, 0.15) is 45.6 Å². The van der Waals surface area contributed by atoms with Crippen molar-refractivity contribution in [3.05, 3.63) is 83.7 Å². The zero-order valence-corrected chi connectivity index (χ0v) is 27.2. The standard InChI is InChI=1S/2C16H16FN5OS/c2*17-11-1-3-12(4-2-11)20-16-13(15(19)23)8-22(21-16)14-5-6-24-9-10(14)7-18/h2*1-4,8,10,14H,5-6,9H2,(H2,19,23)(H,20,21)/t2*10-,14?/m11/s1. The molecule has 0 bridgehead atoms. The van der Waals surface area contributed by atoms with Crippen molar-refractivity contribution in [2.75, 3.05) is 33.6 Å². The molecule has 0 aliphatic carbocycles. The van der Waals surface area contributed by atoms with E-state index in [1.165, 1.54) is 24.3 Å². The van der Waals surface area contributed by atoms with E-state index in [4.69, 9.17) is 11.5 Å². The Balaban J connectivity index is 0.000000188. The number of nitrogens with zero attached hydrogens (tertiary/aromatic N) is 6. The molecule has 2 aromatic carbocycles. The second kappa shape index (κ2) is 15.7. The summed E-state index contributed by atoms with van der Waals surface area (Å²) in [5, 5.41) is 33.5. The predicted octanol–water partition coefficient (Wildman–Crippen LogP) is 5.36. The van der Waals surface area contributed by atoms with Gasteiger partial charge in [-0.25, -0.2) is 8.78 Å². The number of thioether (sulfide) groups is 2. The summed E-state index contributed by atoms with van der Waals surface area (Å²) in [6, 6.07) is 15.9. The van der Waals surface area contributed by atoms with Crippen LogP contribution in [0.2, 0.25) is 0 Å². The molecule has 4 atom stereocenters. The van der Waals surface area contributed by atoms with Crippen molar-refractivity contribution in [3.8, 4) is 12.1 Å². The Hall–Kier alpha value is -5.06. The molecule has 2 aliphatic rings. The van der Waals surface area contributed by atoms with E-state index in [0.29, 0.717) is 23.0 Å². The predicted molar refractivity (Wildman–Crippen MR) is 181 cm³/mol. The first-order valence-electron chi connectivity index (χ1n) is 14.9. The maximum atomic E-state index is 13.0. The van der Waals surface area contributed by atoms with Gasteiger partial charge >= 0.3 is 0 Å². The lowest BCUT2D eigenvalue weighted by atomic mass is 10.0. The van der Waals surface area contributed by atoms with Gasteiger partial charge in [-0.15, -0.1) is 0 Å². The summed E-state index contributed by atoms with van der Waals surface area (Å²) in [5.41, 5.74) is 12.6. The molecule has 0 spiro atoms. The molecule has 248 valence electrons. The van der Waals surface area contributed by atoms with E-state index in [1.54, 1.807) is 69.5 Å². The number of nitrogens with two attached hydrogens (primary N) is 2. The molecular formula is C32H32F2N10O2S2. The molecule has 6 N–H and O–H groups in total. The maximum Gasteiger partial charge on any atom is 0.254 e. The minimum atomic E-state index is -0.607. The van der Waals surface area contributed by atoms with Crippen molar-refractivity contribution in [2.24, 2.45) is 23.3 Å². The van der Waals surface area contributed by atoms with E-state index in [9.17, 15) is 28.9 Å². The minimum absolute atomic E-state index is 0.0851. The van der Waals surface area contributed by atoms with Crippen molar-refractivity contribution >= 4 is 58.3 Å². The van der Waals surface area contributed by atoms with Crippen LogP contribution in [0.15, 0.2) is 60.9 Å². The fourth-order valence-corrected chi connectivity index (χ4v) is 7.59. The maximum absolute atomic E-state index is 13.0. The largest absolute Gasteiger partial charge is 0.365 e. The van der Waals surface area contributed by atoms with E-state index in [0.717, 1.165) is 35.9 Å². The van der Waals surface area contributed by atoms with Gasteiger partial charge in [0.1, 0.15) is 22.8 Å². The number of amides is 2. The Labute approximate surface area is 283 Å². The van der Waals surface area contributed by atoms with E-state index < -0.39 is 11.8 Å². The highest BCUT2D eigenvalue weighted by molar-refractivity contribution is 7.99. The number of aromatic nitrogens is 4. The quantitative estimate of drug-likeness (QED) is 0.187. The summed E-state index contributed by atoms with van der Waals surface area (Å²) >= 11 is 3.48. The summed E-state index contributed by atoms with van der Waals surface area (Å²) in [4.78, 5) is 23.4. The number of carbonyl (C=O) groups excluding carboxylic acids is 2.